The summed E-state index contributed by atoms with van der Waals surface area (Å²) in [5.74, 6) is -1.26. The maximum atomic E-state index is 13.1. The van der Waals surface area contributed by atoms with E-state index in [1.165, 1.54) is 6.07 Å². The van der Waals surface area contributed by atoms with Crippen molar-refractivity contribution in [2.45, 2.75) is 32.2 Å². The Morgan fingerprint density at radius 1 is 1.21 bits per heavy atom. The van der Waals surface area contributed by atoms with E-state index in [2.05, 4.69) is 5.32 Å². The second kappa shape index (κ2) is 5.88. The topological polar surface area (TPSA) is 21.3 Å². The molecule has 1 N–H and O–H groups in total. The number of alkyl halides is 3. The van der Waals surface area contributed by atoms with Gasteiger partial charge in [-0.15, -0.1) is 0 Å². The molecule has 2 nitrogen and oxygen atoms in total. The minimum atomic E-state index is -4.67. The maximum absolute atomic E-state index is 13.1. The molecule has 0 heterocycles. The Morgan fingerprint density at radius 2 is 1.84 bits per heavy atom. The third-order valence-electron chi connectivity index (χ3n) is 2.77. The van der Waals surface area contributed by atoms with Crippen molar-refractivity contribution >= 4 is 0 Å². The minimum absolute atomic E-state index is 0.218. The van der Waals surface area contributed by atoms with E-state index >= 15 is 0 Å². The lowest BCUT2D eigenvalue weighted by Crippen LogP contribution is -2.36. The van der Waals surface area contributed by atoms with Crippen molar-refractivity contribution in [3.05, 3.63) is 35.1 Å². The molecule has 1 aromatic carbocycles. The van der Waals surface area contributed by atoms with Crippen molar-refractivity contribution in [2.24, 2.45) is 0 Å². The number of benzene rings is 1. The molecular weight excluding hydrogens is 262 g/mol. The van der Waals surface area contributed by atoms with Crippen molar-refractivity contribution < 1.29 is 22.3 Å². The van der Waals surface area contributed by atoms with E-state index in [9.17, 15) is 17.6 Å². The van der Waals surface area contributed by atoms with Crippen molar-refractivity contribution in [1.29, 1.82) is 0 Å². The summed E-state index contributed by atoms with van der Waals surface area (Å²) in [6, 6.07) is 2.99. The number of hydrogen-bond acceptors (Lipinski definition) is 2. The minimum Gasteiger partial charge on any atom is -0.377 e. The number of ether oxygens (including phenoxy) is 1. The first-order valence-corrected chi connectivity index (χ1v) is 5.77. The molecule has 1 aromatic rings. The summed E-state index contributed by atoms with van der Waals surface area (Å²) in [5.41, 5.74) is -1.27. The molecule has 6 heteroatoms. The molecule has 0 unspecified atom stereocenters. The highest BCUT2D eigenvalue weighted by Crippen LogP contribution is 2.31. The van der Waals surface area contributed by atoms with E-state index in [-0.39, 0.29) is 6.54 Å². The second-order valence-corrected chi connectivity index (χ2v) is 4.88. The van der Waals surface area contributed by atoms with Gasteiger partial charge in [-0.25, -0.2) is 4.39 Å². The SMILES string of the molecule is COC(C)(C)CNCc1ccc(F)c(C(F)(F)F)c1. The molecule has 1 rings (SSSR count). The fourth-order valence-corrected chi connectivity index (χ4v) is 1.48. The van der Waals surface area contributed by atoms with E-state index in [4.69, 9.17) is 4.74 Å². The summed E-state index contributed by atoms with van der Waals surface area (Å²) in [4.78, 5) is 0. The number of hydrogen-bond donors (Lipinski definition) is 1. The van der Waals surface area contributed by atoms with Crippen LogP contribution in [-0.2, 0) is 17.5 Å². The molecule has 0 saturated carbocycles. The van der Waals surface area contributed by atoms with Gasteiger partial charge in [-0.1, -0.05) is 6.07 Å². The van der Waals surface area contributed by atoms with E-state index in [0.29, 0.717) is 12.1 Å². The lowest BCUT2D eigenvalue weighted by Gasteiger charge is -2.23. The first kappa shape index (κ1) is 15.9. The molecule has 19 heavy (non-hydrogen) atoms. The van der Waals surface area contributed by atoms with Crippen LogP contribution in [0.5, 0.6) is 0 Å². The van der Waals surface area contributed by atoms with Gasteiger partial charge in [-0.2, -0.15) is 13.2 Å². The third-order valence-corrected chi connectivity index (χ3v) is 2.77. The van der Waals surface area contributed by atoms with Crippen LogP contribution in [-0.4, -0.2) is 19.3 Å². The van der Waals surface area contributed by atoms with Gasteiger partial charge in [0.05, 0.1) is 11.2 Å². The molecule has 0 fully saturated rings. The fraction of sp³-hybridized carbons (Fsp3) is 0.538. The standard InChI is InChI=1S/C13H17F4NO/c1-12(2,19-3)8-18-7-9-4-5-11(14)10(6-9)13(15,16)17/h4-6,18H,7-8H2,1-3H3. The zero-order chi connectivity index (χ0) is 14.7. The smallest absolute Gasteiger partial charge is 0.377 e. The van der Waals surface area contributed by atoms with Gasteiger partial charge in [-0.3, -0.25) is 0 Å². The van der Waals surface area contributed by atoms with E-state index < -0.39 is 23.2 Å². The van der Waals surface area contributed by atoms with Crippen LogP contribution < -0.4 is 5.32 Å². The highest BCUT2D eigenvalue weighted by Gasteiger charge is 2.34. The molecule has 108 valence electrons. The molecule has 0 aliphatic heterocycles. The zero-order valence-electron chi connectivity index (χ0n) is 11.1. The van der Waals surface area contributed by atoms with Gasteiger partial charge in [0.2, 0.25) is 0 Å². The molecule has 0 radical (unpaired) electrons. The van der Waals surface area contributed by atoms with Crippen molar-refractivity contribution in [2.75, 3.05) is 13.7 Å². The Kier molecular flexibility index (Phi) is 4.92. The Hall–Kier alpha value is -1.14. The van der Waals surface area contributed by atoms with Gasteiger partial charge in [0, 0.05) is 20.2 Å². The van der Waals surface area contributed by atoms with E-state index in [0.717, 1.165) is 12.1 Å². The predicted octanol–water partition coefficient (Wildman–Crippen LogP) is 3.36. The molecule has 0 spiro atoms. The highest BCUT2D eigenvalue weighted by atomic mass is 19.4. The predicted molar refractivity (Wildman–Crippen MR) is 64.2 cm³/mol. The Bertz CT molecular complexity index is 429. The van der Waals surface area contributed by atoms with Crippen LogP contribution in [0.2, 0.25) is 0 Å². The normalized spacial score (nSPS) is 12.8. The summed E-state index contributed by atoms with van der Waals surface area (Å²) >= 11 is 0. The van der Waals surface area contributed by atoms with Gasteiger partial charge in [0.1, 0.15) is 5.82 Å². The average Bonchev–Trinajstić information content (AvgIpc) is 2.30. The van der Waals surface area contributed by atoms with Crippen LogP contribution in [0, 0.1) is 5.82 Å². The largest absolute Gasteiger partial charge is 0.419 e. The Morgan fingerprint density at radius 3 is 2.37 bits per heavy atom. The van der Waals surface area contributed by atoms with Gasteiger partial charge in [0.15, 0.2) is 0 Å². The number of halogens is 4. The Balaban J connectivity index is 2.71. The summed E-state index contributed by atoms with van der Waals surface area (Å²) in [7, 11) is 1.56. The maximum Gasteiger partial charge on any atom is 0.419 e. The lowest BCUT2D eigenvalue weighted by molar-refractivity contribution is -0.140. The quantitative estimate of drug-likeness (QED) is 0.834. The molecule has 0 saturated heterocycles. The third kappa shape index (κ3) is 4.80. The molecular formula is C13H17F4NO. The Labute approximate surface area is 109 Å². The number of rotatable bonds is 5. The van der Waals surface area contributed by atoms with Gasteiger partial charge < -0.3 is 10.1 Å². The van der Waals surface area contributed by atoms with Crippen LogP contribution >= 0.6 is 0 Å². The number of methoxy groups -OCH3 is 1. The average molecular weight is 279 g/mol. The van der Waals surface area contributed by atoms with Gasteiger partial charge in [0.25, 0.3) is 0 Å². The first-order chi connectivity index (χ1) is 8.65. The van der Waals surface area contributed by atoms with Crippen LogP contribution in [0.4, 0.5) is 17.6 Å². The van der Waals surface area contributed by atoms with E-state index in [1.54, 1.807) is 7.11 Å². The van der Waals surface area contributed by atoms with Crippen LogP contribution in [0.15, 0.2) is 18.2 Å². The molecule has 0 amide bonds. The monoisotopic (exact) mass is 279 g/mol. The van der Waals surface area contributed by atoms with Crippen LogP contribution in [0.25, 0.3) is 0 Å². The fourth-order valence-electron chi connectivity index (χ4n) is 1.48. The number of nitrogens with one attached hydrogen (secondary N) is 1. The van der Waals surface area contributed by atoms with Crippen molar-refractivity contribution in [1.82, 2.24) is 5.32 Å². The molecule has 0 bridgehead atoms. The summed E-state index contributed by atoms with van der Waals surface area (Å²) in [6.45, 7) is 4.40. The van der Waals surface area contributed by atoms with Crippen LogP contribution in [0.1, 0.15) is 25.0 Å². The molecule has 0 aromatic heterocycles. The van der Waals surface area contributed by atoms with Gasteiger partial charge in [-0.05, 0) is 31.5 Å². The second-order valence-electron chi connectivity index (χ2n) is 4.88. The van der Waals surface area contributed by atoms with Crippen molar-refractivity contribution in [3.8, 4) is 0 Å². The van der Waals surface area contributed by atoms with Crippen molar-refractivity contribution in [3.63, 3.8) is 0 Å². The highest BCUT2D eigenvalue weighted by molar-refractivity contribution is 5.27. The lowest BCUT2D eigenvalue weighted by atomic mass is 10.1. The molecule has 0 aliphatic carbocycles. The summed E-state index contributed by atoms with van der Waals surface area (Å²) in [6.07, 6.45) is -4.67. The molecule has 0 atom stereocenters. The van der Waals surface area contributed by atoms with Crippen LogP contribution in [0.3, 0.4) is 0 Å². The molecule has 0 aliphatic rings. The summed E-state index contributed by atoms with van der Waals surface area (Å²) < 4.78 is 55.8. The zero-order valence-corrected chi connectivity index (χ0v) is 11.1. The summed E-state index contributed by atoms with van der Waals surface area (Å²) in [5, 5.41) is 2.98. The van der Waals surface area contributed by atoms with E-state index in [1.807, 2.05) is 13.8 Å². The van der Waals surface area contributed by atoms with Gasteiger partial charge >= 0.3 is 6.18 Å². The first-order valence-electron chi connectivity index (χ1n) is 5.77.